The van der Waals surface area contributed by atoms with Crippen LogP contribution in [0.3, 0.4) is 0 Å². The van der Waals surface area contributed by atoms with Crippen LogP contribution in [0.5, 0.6) is 17.2 Å². The Morgan fingerprint density at radius 3 is 2.65 bits per heavy atom. The van der Waals surface area contributed by atoms with E-state index in [1.165, 1.54) is 0 Å². The summed E-state index contributed by atoms with van der Waals surface area (Å²) in [5.41, 5.74) is 1.80. The molecule has 1 fully saturated rings. The Kier molecular flexibility index (Phi) is 6.13. The van der Waals surface area contributed by atoms with Gasteiger partial charge in [0.15, 0.2) is 11.5 Å². The van der Waals surface area contributed by atoms with Crippen LogP contribution in [-0.4, -0.2) is 57.4 Å². The average molecular weight is 463 g/mol. The van der Waals surface area contributed by atoms with Crippen molar-refractivity contribution in [2.45, 2.75) is 25.4 Å². The van der Waals surface area contributed by atoms with E-state index in [4.69, 9.17) is 23.7 Å². The van der Waals surface area contributed by atoms with Crippen LogP contribution >= 0.6 is 0 Å². The number of aromatic nitrogens is 5. The molecule has 1 saturated heterocycles. The van der Waals surface area contributed by atoms with Crippen molar-refractivity contribution in [2.24, 2.45) is 0 Å². The van der Waals surface area contributed by atoms with E-state index in [2.05, 4.69) is 20.0 Å². The largest absolute Gasteiger partial charge is 0.493 e. The smallest absolute Gasteiger partial charge is 0.244 e. The Bertz CT molecular complexity index is 1240. The number of pyridine rings is 1. The summed E-state index contributed by atoms with van der Waals surface area (Å²) in [7, 11) is 4.86. The molecule has 1 aliphatic heterocycles. The predicted molar refractivity (Wildman–Crippen MR) is 123 cm³/mol. The van der Waals surface area contributed by atoms with Gasteiger partial charge in [0.25, 0.3) is 0 Å². The van der Waals surface area contributed by atoms with E-state index < -0.39 is 0 Å². The van der Waals surface area contributed by atoms with Crippen molar-refractivity contribution >= 4 is 0 Å². The molecule has 0 amide bonds. The molecular formula is C24H26N6O4. The highest BCUT2D eigenvalue weighted by Gasteiger charge is 2.32. The molecule has 1 atom stereocenters. The third-order valence-electron chi connectivity index (χ3n) is 6.02. The third kappa shape index (κ3) is 4.08. The SMILES string of the molecule is COc1ccc(CN2CCCC2c2nc(-c3ccc(-n4ccnc4)nc3)no2)c(OC)c1OC. The van der Waals surface area contributed by atoms with Crippen LogP contribution in [0.1, 0.15) is 30.3 Å². The summed E-state index contributed by atoms with van der Waals surface area (Å²) in [6.07, 6.45) is 8.98. The van der Waals surface area contributed by atoms with Crippen LogP contribution in [0.4, 0.5) is 0 Å². The summed E-state index contributed by atoms with van der Waals surface area (Å²) in [4.78, 5) is 15.5. The van der Waals surface area contributed by atoms with Crippen molar-refractivity contribution in [3.05, 3.63) is 60.6 Å². The van der Waals surface area contributed by atoms with Crippen molar-refractivity contribution in [3.63, 3.8) is 0 Å². The van der Waals surface area contributed by atoms with Gasteiger partial charge in [0.05, 0.1) is 27.4 Å². The molecule has 1 aliphatic rings. The molecule has 10 nitrogen and oxygen atoms in total. The summed E-state index contributed by atoms with van der Waals surface area (Å²) < 4.78 is 24.1. The number of ether oxygens (including phenoxy) is 3. The van der Waals surface area contributed by atoms with Gasteiger partial charge < -0.3 is 18.7 Å². The summed E-state index contributed by atoms with van der Waals surface area (Å²) in [5.74, 6) is 3.79. The molecule has 4 aromatic rings. The van der Waals surface area contributed by atoms with Crippen molar-refractivity contribution in [3.8, 4) is 34.5 Å². The first-order chi connectivity index (χ1) is 16.7. The summed E-state index contributed by atoms with van der Waals surface area (Å²) in [6.45, 7) is 1.58. The van der Waals surface area contributed by atoms with Gasteiger partial charge in [0.2, 0.25) is 17.5 Å². The highest BCUT2D eigenvalue weighted by atomic mass is 16.5. The lowest BCUT2D eigenvalue weighted by Gasteiger charge is -2.23. The van der Waals surface area contributed by atoms with Crippen molar-refractivity contribution in [1.82, 2.24) is 29.6 Å². The number of likely N-dealkylation sites (tertiary alicyclic amines) is 1. The maximum atomic E-state index is 5.69. The molecule has 4 heterocycles. The maximum Gasteiger partial charge on any atom is 0.244 e. The first-order valence-corrected chi connectivity index (χ1v) is 11.0. The minimum absolute atomic E-state index is 0.0252. The van der Waals surface area contributed by atoms with E-state index in [9.17, 15) is 0 Å². The zero-order chi connectivity index (χ0) is 23.5. The van der Waals surface area contributed by atoms with Crippen molar-refractivity contribution in [2.75, 3.05) is 27.9 Å². The number of rotatable bonds is 8. The maximum absolute atomic E-state index is 5.69. The number of benzene rings is 1. The van der Waals surface area contributed by atoms with Gasteiger partial charge in [-0.2, -0.15) is 4.98 Å². The Labute approximate surface area is 197 Å². The van der Waals surface area contributed by atoms with Crippen LogP contribution in [0.15, 0.2) is 53.7 Å². The van der Waals surface area contributed by atoms with E-state index in [1.807, 2.05) is 35.0 Å². The number of methoxy groups -OCH3 is 3. The molecule has 10 heteroatoms. The van der Waals surface area contributed by atoms with Gasteiger partial charge in [0.1, 0.15) is 12.1 Å². The molecule has 3 aromatic heterocycles. The molecule has 0 aliphatic carbocycles. The van der Waals surface area contributed by atoms with Crippen LogP contribution in [0, 0.1) is 0 Å². The summed E-state index contributed by atoms with van der Waals surface area (Å²) in [5, 5.41) is 4.22. The summed E-state index contributed by atoms with van der Waals surface area (Å²) >= 11 is 0. The lowest BCUT2D eigenvalue weighted by molar-refractivity contribution is 0.198. The molecule has 0 bridgehead atoms. The van der Waals surface area contributed by atoms with E-state index in [-0.39, 0.29) is 6.04 Å². The van der Waals surface area contributed by atoms with E-state index in [0.717, 1.165) is 36.3 Å². The molecule has 1 unspecified atom stereocenters. The predicted octanol–water partition coefficient (Wildman–Crippen LogP) is 3.68. The second kappa shape index (κ2) is 9.52. The monoisotopic (exact) mass is 462 g/mol. The highest BCUT2D eigenvalue weighted by Crippen LogP contribution is 2.42. The van der Waals surface area contributed by atoms with Crippen LogP contribution in [0.25, 0.3) is 17.2 Å². The van der Waals surface area contributed by atoms with E-state index in [1.54, 1.807) is 40.1 Å². The minimum Gasteiger partial charge on any atom is -0.493 e. The van der Waals surface area contributed by atoms with Gasteiger partial charge in [-0.05, 0) is 37.6 Å². The van der Waals surface area contributed by atoms with Gasteiger partial charge >= 0.3 is 0 Å². The molecule has 0 radical (unpaired) electrons. The Morgan fingerprint density at radius 2 is 1.94 bits per heavy atom. The summed E-state index contributed by atoms with van der Waals surface area (Å²) in [6, 6.07) is 7.75. The molecule has 0 spiro atoms. The fourth-order valence-electron chi connectivity index (χ4n) is 4.36. The van der Waals surface area contributed by atoms with Gasteiger partial charge in [0, 0.05) is 36.3 Å². The second-order valence-corrected chi connectivity index (χ2v) is 7.95. The first kappa shape index (κ1) is 21.9. The normalized spacial score (nSPS) is 16.0. The number of nitrogens with zero attached hydrogens (tertiary/aromatic N) is 6. The molecule has 176 valence electrons. The third-order valence-corrected chi connectivity index (χ3v) is 6.02. The fraction of sp³-hybridized carbons (Fsp3) is 0.333. The van der Waals surface area contributed by atoms with Gasteiger partial charge in [-0.25, -0.2) is 9.97 Å². The molecule has 0 N–H and O–H groups in total. The Morgan fingerprint density at radius 1 is 1.06 bits per heavy atom. The molecule has 34 heavy (non-hydrogen) atoms. The molecule has 0 saturated carbocycles. The Hall–Kier alpha value is -3.92. The van der Waals surface area contributed by atoms with Crippen LogP contribution < -0.4 is 14.2 Å². The van der Waals surface area contributed by atoms with Gasteiger partial charge in [-0.15, -0.1) is 0 Å². The van der Waals surface area contributed by atoms with E-state index >= 15 is 0 Å². The van der Waals surface area contributed by atoms with Crippen molar-refractivity contribution < 1.29 is 18.7 Å². The standard InChI is InChI=1S/C24H26N6O4/c1-31-19-8-6-17(21(32-2)22(19)33-3)14-29-11-4-5-18(29)24-27-23(28-34-24)16-7-9-20(26-13-16)30-12-10-25-15-30/h6-10,12-13,15,18H,4-5,11,14H2,1-3H3. The first-order valence-electron chi connectivity index (χ1n) is 11.0. The highest BCUT2D eigenvalue weighted by molar-refractivity contribution is 5.56. The molecule has 1 aromatic carbocycles. The van der Waals surface area contributed by atoms with E-state index in [0.29, 0.717) is 35.5 Å². The van der Waals surface area contributed by atoms with Crippen molar-refractivity contribution in [1.29, 1.82) is 0 Å². The molecule has 5 rings (SSSR count). The lowest BCUT2D eigenvalue weighted by Crippen LogP contribution is -2.23. The minimum atomic E-state index is 0.0252. The fourth-order valence-corrected chi connectivity index (χ4v) is 4.36. The Balaban J connectivity index is 1.35. The lowest BCUT2D eigenvalue weighted by atomic mass is 10.1. The topological polar surface area (TPSA) is 101 Å². The average Bonchev–Trinajstić information content (AvgIpc) is 3.65. The van der Waals surface area contributed by atoms with Gasteiger partial charge in [-0.3, -0.25) is 9.47 Å². The second-order valence-electron chi connectivity index (χ2n) is 7.95. The zero-order valence-electron chi connectivity index (χ0n) is 19.3. The molecular weight excluding hydrogens is 436 g/mol. The van der Waals surface area contributed by atoms with Gasteiger partial charge in [-0.1, -0.05) is 11.2 Å². The quantitative estimate of drug-likeness (QED) is 0.388. The number of hydrogen-bond donors (Lipinski definition) is 0. The number of hydrogen-bond acceptors (Lipinski definition) is 9. The zero-order valence-corrected chi connectivity index (χ0v) is 19.3. The van der Waals surface area contributed by atoms with Crippen LogP contribution in [-0.2, 0) is 6.54 Å². The van der Waals surface area contributed by atoms with Crippen LogP contribution in [0.2, 0.25) is 0 Å². The number of imidazole rings is 1.